The fraction of sp³-hybridized carbons (Fsp3) is 0.375. The minimum atomic E-state index is -4.17. The van der Waals surface area contributed by atoms with E-state index in [4.69, 9.17) is 16.3 Å². The number of rotatable bonds is 11. The van der Waals surface area contributed by atoms with Crippen LogP contribution in [0.4, 0.5) is 5.69 Å². The van der Waals surface area contributed by atoms with Gasteiger partial charge in [0.25, 0.3) is 10.0 Å². The van der Waals surface area contributed by atoms with Crippen molar-refractivity contribution < 1.29 is 22.7 Å². The van der Waals surface area contributed by atoms with Crippen molar-refractivity contribution in [2.45, 2.75) is 69.5 Å². The molecule has 0 bridgehead atoms. The van der Waals surface area contributed by atoms with Gasteiger partial charge in [0.15, 0.2) is 0 Å². The molecule has 8 nitrogen and oxygen atoms in total. The number of carbonyl (C=O) groups excluding carboxylic acids is 2. The number of ether oxygens (including phenoxy) is 1. The van der Waals surface area contributed by atoms with Crippen LogP contribution in [-0.2, 0) is 26.2 Å². The van der Waals surface area contributed by atoms with Gasteiger partial charge in [-0.05, 0) is 74.2 Å². The van der Waals surface area contributed by atoms with Gasteiger partial charge in [0.05, 0.1) is 17.7 Å². The van der Waals surface area contributed by atoms with Crippen LogP contribution in [0.25, 0.3) is 0 Å². The summed E-state index contributed by atoms with van der Waals surface area (Å²) < 4.78 is 34.4. The van der Waals surface area contributed by atoms with Crippen LogP contribution < -0.4 is 14.4 Å². The smallest absolute Gasteiger partial charge is 0.264 e. The van der Waals surface area contributed by atoms with Gasteiger partial charge in [-0.1, -0.05) is 67.3 Å². The van der Waals surface area contributed by atoms with Crippen molar-refractivity contribution in [3.05, 3.63) is 88.9 Å². The first kappa shape index (κ1) is 31.4. The van der Waals surface area contributed by atoms with E-state index in [2.05, 4.69) is 5.32 Å². The van der Waals surface area contributed by atoms with Gasteiger partial charge in [0, 0.05) is 17.6 Å². The number of hydrogen-bond donors (Lipinski definition) is 1. The molecule has 0 aromatic heterocycles. The molecule has 1 N–H and O–H groups in total. The number of nitrogens with one attached hydrogen (secondary N) is 1. The van der Waals surface area contributed by atoms with Gasteiger partial charge in [-0.25, -0.2) is 8.42 Å². The summed E-state index contributed by atoms with van der Waals surface area (Å²) in [4.78, 5) is 29.1. The van der Waals surface area contributed by atoms with Crippen LogP contribution in [0.15, 0.2) is 77.7 Å². The Labute approximate surface area is 253 Å². The molecular weight excluding hydrogens is 574 g/mol. The Morgan fingerprint density at radius 1 is 1.00 bits per heavy atom. The number of nitrogens with zero attached hydrogens (tertiary/aromatic N) is 2. The second-order valence-corrected chi connectivity index (χ2v) is 12.9. The molecule has 0 aliphatic heterocycles. The molecule has 0 unspecified atom stereocenters. The van der Waals surface area contributed by atoms with Crippen LogP contribution >= 0.6 is 11.6 Å². The lowest BCUT2D eigenvalue weighted by molar-refractivity contribution is -0.139. The number of halogens is 1. The number of sulfonamides is 1. The Hall–Kier alpha value is -3.56. The molecule has 1 aliphatic rings. The zero-order chi connectivity index (χ0) is 30.3. The van der Waals surface area contributed by atoms with E-state index in [9.17, 15) is 18.0 Å². The number of anilines is 1. The van der Waals surface area contributed by atoms with Crippen LogP contribution in [-0.4, -0.2) is 50.9 Å². The minimum Gasteiger partial charge on any atom is -0.497 e. The van der Waals surface area contributed by atoms with E-state index in [1.54, 1.807) is 69.5 Å². The molecule has 42 heavy (non-hydrogen) atoms. The Morgan fingerprint density at radius 3 is 2.38 bits per heavy atom. The second-order valence-electron chi connectivity index (χ2n) is 10.6. The van der Waals surface area contributed by atoms with Crippen molar-refractivity contribution in [1.29, 1.82) is 0 Å². The third-order valence-electron chi connectivity index (χ3n) is 7.72. The lowest BCUT2D eigenvalue weighted by atomic mass is 9.95. The van der Waals surface area contributed by atoms with Crippen LogP contribution in [0.2, 0.25) is 5.02 Å². The molecular formula is C32H38ClN3O5S. The van der Waals surface area contributed by atoms with Crippen LogP contribution in [0.1, 0.15) is 50.2 Å². The lowest BCUT2D eigenvalue weighted by Crippen LogP contribution is -2.53. The van der Waals surface area contributed by atoms with Crippen molar-refractivity contribution in [2.24, 2.45) is 0 Å². The average Bonchev–Trinajstić information content (AvgIpc) is 3.00. The summed E-state index contributed by atoms with van der Waals surface area (Å²) in [5, 5.41) is 3.49. The zero-order valence-corrected chi connectivity index (χ0v) is 25.8. The van der Waals surface area contributed by atoms with Gasteiger partial charge in [-0.15, -0.1) is 0 Å². The second kappa shape index (κ2) is 14.1. The molecule has 2 amide bonds. The normalized spacial score (nSPS) is 14.6. The Morgan fingerprint density at radius 2 is 1.69 bits per heavy atom. The first-order valence-corrected chi connectivity index (χ1v) is 16.0. The van der Waals surface area contributed by atoms with Crippen molar-refractivity contribution in [2.75, 3.05) is 18.0 Å². The van der Waals surface area contributed by atoms with Crippen LogP contribution in [0.3, 0.4) is 0 Å². The molecule has 1 aliphatic carbocycles. The molecule has 224 valence electrons. The Balaban J connectivity index is 1.71. The first-order valence-electron chi connectivity index (χ1n) is 14.2. The van der Waals surface area contributed by atoms with Gasteiger partial charge in [0.2, 0.25) is 11.8 Å². The van der Waals surface area contributed by atoms with Crippen molar-refractivity contribution in [3.8, 4) is 5.75 Å². The summed E-state index contributed by atoms with van der Waals surface area (Å²) >= 11 is 6.39. The third-order valence-corrected chi connectivity index (χ3v) is 9.91. The van der Waals surface area contributed by atoms with Crippen molar-refractivity contribution in [1.82, 2.24) is 10.2 Å². The molecule has 10 heteroatoms. The summed E-state index contributed by atoms with van der Waals surface area (Å²) in [6.07, 6.45) is 5.06. The standard InChI is InChI=1S/C32H38ClN3O5S/c1-23-29(33)18-11-19-30(23)36(42(39,40)28-16-8-5-9-17-28)22-31(37)35(21-25-12-10-15-27(20-25)41-3)24(2)32(38)34-26-13-6-4-7-14-26/h5,8-12,15-20,24,26H,4,6-7,13-14,21-22H2,1-3H3,(H,34,38)/t24-/m0/s1. The Kier molecular flexibility index (Phi) is 10.5. The highest BCUT2D eigenvalue weighted by Crippen LogP contribution is 2.31. The van der Waals surface area contributed by atoms with Gasteiger partial charge in [-0.2, -0.15) is 0 Å². The number of amides is 2. The summed E-state index contributed by atoms with van der Waals surface area (Å²) in [5.74, 6) is -0.181. The van der Waals surface area contributed by atoms with E-state index in [0.717, 1.165) is 42.0 Å². The molecule has 4 rings (SSSR count). The highest BCUT2D eigenvalue weighted by molar-refractivity contribution is 7.92. The number of hydrogen-bond acceptors (Lipinski definition) is 5. The van der Waals surface area contributed by atoms with Gasteiger partial charge >= 0.3 is 0 Å². The molecule has 3 aromatic rings. The summed E-state index contributed by atoms with van der Waals surface area (Å²) in [7, 11) is -2.61. The van der Waals surface area contributed by atoms with E-state index >= 15 is 0 Å². The van der Waals surface area contributed by atoms with Gasteiger partial charge in [0.1, 0.15) is 18.3 Å². The molecule has 0 spiro atoms. The molecule has 1 saturated carbocycles. The quantitative estimate of drug-likeness (QED) is 0.299. The maximum atomic E-state index is 14.2. The van der Waals surface area contributed by atoms with E-state index < -0.39 is 28.5 Å². The third kappa shape index (κ3) is 7.44. The van der Waals surface area contributed by atoms with E-state index in [-0.39, 0.29) is 23.4 Å². The molecule has 1 atom stereocenters. The molecule has 1 fully saturated rings. The topological polar surface area (TPSA) is 96.0 Å². The average molecular weight is 612 g/mol. The monoisotopic (exact) mass is 611 g/mol. The highest BCUT2D eigenvalue weighted by Gasteiger charge is 2.34. The minimum absolute atomic E-state index is 0.0413. The van der Waals surface area contributed by atoms with Crippen molar-refractivity contribution in [3.63, 3.8) is 0 Å². The SMILES string of the molecule is COc1cccc(CN(C(=O)CN(c2cccc(Cl)c2C)S(=O)(=O)c2ccccc2)[C@@H](C)C(=O)NC2CCCCC2)c1. The lowest BCUT2D eigenvalue weighted by Gasteiger charge is -2.33. The fourth-order valence-electron chi connectivity index (χ4n) is 5.22. The first-order chi connectivity index (χ1) is 20.1. The summed E-state index contributed by atoms with van der Waals surface area (Å²) in [6.45, 7) is 2.95. The predicted octanol–water partition coefficient (Wildman–Crippen LogP) is 5.72. The maximum Gasteiger partial charge on any atom is 0.264 e. The maximum absolute atomic E-state index is 14.2. The van der Waals surface area contributed by atoms with E-state index in [1.807, 2.05) is 12.1 Å². The van der Waals surface area contributed by atoms with Crippen molar-refractivity contribution >= 4 is 39.1 Å². The van der Waals surface area contributed by atoms with Gasteiger partial charge < -0.3 is 15.0 Å². The number of methoxy groups -OCH3 is 1. The summed E-state index contributed by atoms with van der Waals surface area (Å²) in [6, 6.07) is 19.4. The zero-order valence-electron chi connectivity index (χ0n) is 24.3. The Bertz CT molecular complexity index is 1490. The highest BCUT2D eigenvalue weighted by atomic mass is 35.5. The van der Waals surface area contributed by atoms with Gasteiger partial charge in [-0.3, -0.25) is 13.9 Å². The molecule has 0 heterocycles. The molecule has 3 aromatic carbocycles. The van der Waals surface area contributed by atoms with E-state index in [1.165, 1.54) is 17.0 Å². The predicted molar refractivity (Wildman–Crippen MR) is 165 cm³/mol. The molecule has 0 radical (unpaired) electrons. The fourth-order valence-corrected chi connectivity index (χ4v) is 6.88. The largest absolute Gasteiger partial charge is 0.497 e. The number of benzene rings is 3. The van der Waals surface area contributed by atoms with Crippen LogP contribution in [0, 0.1) is 6.92 Å². The van der Waals surface area contributed by atoms with Crippen LogP contribution in [0.5, 0.6) is 5.75 Å². The molecule has 0 saturated heterocycles. The summed E-state index contributed by atoms with van der Waals surface area (Å²) in [5.41, 5.74) is 1.56. The van der Waals surface area contributed by atoms with E-state index in [0.29, 0.717) is 22.0 Å². The number of carbonyl (C=O) groups is 2.